The molecule has 1 aliphatic rings. The van der Waals surface area contributed by atoms with Gasteiger partial charge in [0.25, 0.3) is 0 Å². The van der Waals surface area contributed by atoms with Crippen molar-refractivity contribution in [2.24, 2.45) is 5.11 Å². The van der Waals surface area contributed by atoms with Gasteiger partial charge < -0.3 is 19.7 Å². The topological polar surface area (TPSA) is 125 Å². The number of hydrogen-bond donors (Lipinski definition) is 2. The van der Waals surface area contributed by atoms with Crippen LogP contribution in [0.3, 0.4) is 0 Å². The molecule has 2 unspecified atom stereocenters. The number of aliphatic hydroxyl groups is 2. The van der Waals surface area contributed by atoms with E-state index in [0.29, 0.717) is 0 Å². The molecule has 5 atom stereocenters. The molecule has 9 heteroatoms. The lowest BCUT2D eigenvalue weighted by molar-refractivity contribution is -0.172. The third-order valence-corrected chi connectivity index (χ3v) is 3.05. The van der Waals surface area contributed by atoms with E-state index in [1.54, 1.807) is 0 Å². The molecule has 1 rings (SSSR count). The predicted octanol–water partition coefficient (Wildman–Crippen LogP) is 0.0700. The lowest BCUT2D eigenvalue weighted by Gasteiger charge is -2.38. The summed E-state index contributed by atoms with van der Waals surface area (Å²) in [4.78, 5) is 13.2. The van der Waals surface area contributed by atoms with Gasteiger partial charge in [-0.25, -0.2) is 0 Å². The molecular weight excluding hydrogens is 298 g/mol. The summed E-state index contributed by atoms with van der Waals surface area (Å²) in [5, 5.41) is 21.9. The number of azide groups is 1. The Hall–Kier alpha value is -0.860. The zero-order valence-electron chi connectivity index (χ0n) is 8.93. The Bertz CT molecular complexity index is 335. The second-order valence-electron chi connectivity index (χ2n) is 3.50. The minimum absolute atomic E-state index is 0.178. The van der Waals surface area contributed by atoms with Crippen LogP contribution in [0.2, 0.25) is 0 Å². The van der Waals surface area contributed by atoms with Crippen LogP contribution in [0.15, 0.2) is 5.11 Å². The van der Waals surface area contributed by atoms with Crippen LogP contribution in [-0.4, -0.2) is 52.2 Å². The number of nitrogens with zero attached hydrogens (tertiary/aromatic N) is 3. The molecule has 96 valence electrons. The number of alkyl halides is 1. The van der Waals surface area contributed by atoms with Crippen LogP contribution in [0.4, 0.5) is 0 Å². The highest BCUT2D eigenvalue weighted by molar-refractivity contribution is 9.09. The van der Waals surface area contributed by atoms with E-state index in [0.717, 1.165) is 0 Å². The molecular formula is C8H12BrN3O5. The minimum atomic E-state index is -1.24. The van der Waals surface area contributed by atoms with Gasteiger partial charge in [-0.2, -0.15) is 0 Å². The fourth-order valence-electron chi connectivity index (χ4n) is 1.44. The van der Waals surface area contributed by atoms with E-state index in [-0.39, 0.29) is 6.61 Å². The standard InChI is InChI=1S/C8H12BrN3O5/c1-3(13)16-2-4-6(14)5(11-12-10)7(15)8(9)17-4/h4-8,14-15H,2H2,1H3/t4?,5-,6-,7?,8-/m0/s1. The number of halogens is 1. The van der Waals surface area contributed by atoms with Crippen LogP contribution in [0, 0.1) is 0 Å². The average Bonchev–Trinajstić information content (AvgIpc) is 2.27. The third-order valence-electron chi connectivity index (χ3n) is 2.29. The molecule has 8 nitrogen and oxygen atoms in total. The highest BCUT2D eigenvalue weighted by atomic mass is 79.9. The highest BCUT2D eigenvalue weighted by Gasteiger charge is 2.43. The maximum absolute atomic E-state index is 10.6. The van der Waals surface area contributed by atoms with E-state index in [4.69, 9.17) is 15.0 Å². The number of ether oxygens (including phenoxy) is 2. The molecule has 1 aliphatic heterocycles. The third kappa shape index (κ3) is 3.55. The number of hydrogen-bond acceptors (Lipinski definition) is 6. The van der Waals surface area contributed by atoms with Crippen molar-refractivity contribution in [3.63, 3.8) is 0 Å². The molecule has 0 aromatic rings. The van der Waals surface area contributed by atoms with E-state index in [1.165, 1.54) is 6.92 Å². The number of esters is 1. The zero-order valence-corrected chi connectivity index (χ0v) is 10.5. The van der Waals surface area contributed by atoms with E-state index in [1.807, 2.05) is 0 Å². The van der Waals surface area contributed by atoms with Crippen molar-refractivity contribution in [2.75, 3.05) is 6.61 Å². The van der Waals surface area contributed by atoms with Crippen molar-refractivity contribution in [1.29, 1.82) is 0 Å². The Kier molecular flexibility index (Phi) is 5.16. The van der Waals surface area contributed by atoms with Crippen molar-refractivity contribution in [1.82, 2.24) is 0 Å². The molecule has 0 spiro atoms. The molecule has 0 aromatic carbocycles. The summed E-state index contributed by atoms with van der Waals surface area (Å²) in [6.45, 7) is 1.04. The van der Waals surface area contributed by atoms with Crippen LogP contribution in [0.1, 0.15) is 6.92 Å². The molecule has 2 N–H and O–H groups in total. The van der Waals surface area contributed by atoms with Gasteiger partial charge in [0.05, 0.1) is 12.1 Å². The Labute approximate surface area is 105 Å². The molecule has 0 radical (unpaired) electrons. The first-order valence-corrected chi connectivity index (χ1v) is 5.72. The maximum atomic E-state index is 10.6. The molecule has 0 amide bonds. The summed E-state index contributed by atoms with van der Waals surface area (Å²) in [6, 6.07) is -1.06. The molecule has 1 saturated heterocycles. The van der Waals surface area contributed by atoms with Gasteiger partial charge in [0.2, 0.25) is 0 Å². The van der Waals surface area contributed by atoms with Gasteiger partial charge >= 0.3 is 5.97 Å². The second-order valence-corrected chi connectivity index (χ2v) is 4.41. The van der Waals surface area contributed by atoms with Gasteiger partial charge in [-0.15, -0.1) is 0 Å². The summed E-state index contributed by atoms with van der Waals surface area (Å²) in [6.07, 6.45) is -3.27. The summed E-state index contributed by atoms with van der Waals surface area (Å²) < 4.78 is 9.89. The van der Waals surface area contributed by atoms with Crippen molar-refractivity contribution < 1.29 is 24.5 Å². The van der Waals surface area contributed by atoms with Crippen LogP contribution in [-0.2, 0) is 14.3 Å². The van der Waals surface area contributed by atoms with E-state index in [2.05, 4.69) is 26.0 Å². The first-order valence-electron chi connectivity index (χ1n) is 4.80. The fraction of sp³-hybridized carbons (Fsp3) is 0.875. The van der Waals surface area contributed by atoms with Gasteiger partial charge in [0.1, 0.15) is 23.8 Å². The monoisotopic (exact) mass is 309 g/mol. The fourth-order valence-corrected chi connectivity index (χ4v) is 2.03. The predicted molar refractivity (Wildman–Crippen MR) is 59.2 cm³/mol. The molecule has 0 bridgehead atoms. The Morgan fingerprint density at radius 1 is 1.59 bits per heavy atom. The van der Waals surface area contributed by atoms with Crippen molar-refractivity contribution >= 4 is 21.9 Å². The average molecular weight is 310 g/mol. The van der Waals surface area contributed by atoms with E-state index >= 15 is 0 Å². The Morgan fingerprint density at radius 3 is 2.76 bits per heavy atom. The van der Waals surface area contributed by atoms with E-state index < -0.39 is 35.3 Å². The van der Waals surface area contributed by atoms with Gasteiger partial charge in [-0.1, -0.05) is 21.0 Å². The van der Waals surface area contributed by atoms with Crippen LogP contribution < -0.4 is 0 Å². The lowest BCUT2D eigenvalue weighted by Crippen LogP contribution is -2.56. The van der Waals surface area contributed by atoms with Crippen molar-refractivity contribution in [3.05, 3.63) is 10.4 Å². The van der Waals surface area contributed by atoms with Crippen LogP contribution in [0.25, 0.3) is 10.4 Å². The largest absolute Gasteiger partial charge is 0.463 e. The summed E-state index contributed by atoms with van der Waals surface area (Å²) >= 11 is 3.03. The molecule has 17 heavy (non-hydrogen) atoms. The highest BCUT2D eigenvalue weighted by Crippen LogP contribution is 2.27. The second kappa shape index (κ2) is 6.18. The number of rotatable bonds is 3. The number of carbonyl (C=O) groups excluding carboxylic acids is 1. The molecule has 0 aromatic heterocycles. The van der Waals surface area contributed by atoms with Crippen molar-refractivity contribution in [2.45, 2.75) is 36.3 Å². The smallest absolute Gasteiger partial charge is 0.302 e. The quantitative estimate of drug-likeness (QED) is 0.251. The Balaban J connectivity index is 2.73. The van der Waals surface area contributed by atoms with Gasteiger partial charge in [0.15, 0.2) is 0 Å². The molecule has 1 fully saturated rings. The number of carbonyl (C=O) groups is 1. The van der Waals surface area contributed by atoms with E-state index in [9.17, 15) is 15.0 Å². The van der Waals surface area contributed by atoms with Gasteiger partial charge in [-0.05, 0) is 5.53 Å². The summed E-state index contributed by atoms with van der Waals surface area (Å²) in [7, 11) is 0. The van der Waals surface area contributed by atoms with Crippen molar-refractivity contribution in [3.8, 4) is 0 Å². The number of aliphatic hydroxyl groups excluding tert-OH is 2. The van der Waals surface area contributed by atoms with Gasteiger partial charge in [0, 0.05) is 11.8 Å². The first-order chi connectivity index (χ1) is 7.97. The molecule has 0 aliphatic carbocycles. The first kappa shape index (κ1) is 14.2. The molecule has 0 saturated carbocycles. The molecule has 1 heterocycles. The Morgan fingerprint density at radius 2 is 2.24 bits per heavy atom. The van der Waals surface area contributed by atoms with Crippen LogP contribution in [0.5, 0.6) is 0 Å². The normalized spacial score (nSPS) is 37.1. The lowest BCUT2D eigenvalue weighted by atomic mass is 9.98. The SMILES string of the molecule is CC(=O)OCC1O[C@H](Br)C(O)[C@@H](N=[N+]=[N-])[C@H]1O. The maximum Gasteiger partial charge on any atom is 0.302 e. The summed E-state index contributed by atoms with van der Waals surface area (Å²) in [5.74, 6) is -0.515. The minimum Gasteiger partial charge on any atom is -0.463 e. The van der Waals surface area contributed by atoms with Gasteiger partial charge in [-0.3, -0.25) is 4.79 Å². The zero-order chi connectivity index (χ0) is 13.0. The summed E-state index contributed by atoms with van der Waals surface area (Å²) in [5.41, 5.74) is 8.34. The van der Waals surface area contributed by atoms with Crippen LogP contribution >= 0.6 is 15.9 Å².